The predicted octanol–water partition coefficient (Wildman–Crippen LogP) is 2.62. The molecule has 1 N–H and O–H groups in total. The molecule has 0 bridgehead atoms. The molecule has 0 aliphatic heterocycles. The molecule has 1 atom stereocenters. The van der Waals surface area contributed by atoms with Crippen LogP contribution in [-0.4, -0.2) is 29.6 Å². The number of benzene rings is 1. The molecule has 118 valence electrons. The fourth-order valence-electron chi connectivity index (χ4n) is 2.63. The first kappa shape index (κ1) is 15.2. The number of carbonyl (C=O) groups is 1. The van der Waals surface area contributed by atoms with Gasteiger partial charge in [0.2, 0.25) is 0 Å². The zero-order valence-corrected chi connectivity index (χ0v) is 13.0. The Morgan fingerprint density at radius 3 is 2.65 bits per heavy atom. The maximum absolute atomic E-state index is 11.9. The van der Waals surface area contributed by atoms with Crippen LogP contribution in [0, 0.1) is 17.2 Å². The first-order valence-electron chi connectivity index (χ1n) is 7.71. The van der Waals surface area contributed by atoms with Crippen molar-refractivity contribution >= 4 is 22.8 Å². The van der Waals surface area contributed by atoms with Gasteiger partial charge in [-0.05, 0) is 30.9 Å². The average molecular weight is 310 g/mol. The van der Waals surface area contributed by atoms with Crippen molar-refractivity contribution in [2.24, 2.45) is 5.92 Å². The topological polar surface area (TPSA) is 87.9 Å². The molecule has 1 saturated carbocycles. The lowest BCUT2D eigenvalue weighted by Crippen LogP contribution is -2.23. The van der Waals surface area contributed by atoms with Crippen molar-refractivity contribution in [1.82, 2.24) is 9.97 Å². The zero-order valence-electron chi connectivity index (χ0n) is 13.0. The van der Waals surface area contributed by atoms with Crippen LogP contribution >= 0.6 is 0 Å². The minimum atomic E-state index is -1.08. The van der Waals surface area contributed by atoms with E-state index >= 15 is 0 Å². The van der Waals surface area contributed by atoms with E-state index in [1.165, 1.54) is 26.4 Å². The summed E-state index contributed by atoms with van der Waals surface area (Å²) in [4.78, 5) is 20.9. The fraction of sp³-hybridized carbons (Fsp3) is 0.412. The summed E-state index contributed by atoms with van der Waals surface area (Å²) in [7, 11) is 1.27. The summed E-state index contributed by atoms with van der Waals surface area (Å²) in [6, 6.07) is 9.38. The molecule has 1 heterocycles. The number of fused-ring (bicyclic) bond motifs is 1. The van der Waals surface area contributed by atoms with E-state index in [9.17, 15) is 10.1 Å². The maximum Gasteiger partial charge on any atom is 0.329 e. The summed E-state index contributed by atoms with van der Waals surface area (Å²) in [5, 5.41) is 12.6. The largest absolute Gasteiger partial charge is 0.468 e. The summed E-state index contributed by atoms with van der Waals surface area (Å²) in [5.74, 6) is -0.591. The van der Waals surface area contributed by atoms with Gasteiger partial charge in [-0.1, -0.05) is 18.6 Å². The van der Waals surface area contributed by atoms with Crippen molar-refractivity contribution in [3.8, 4) is 6.07 Å². The van der Waals surface area contributed by atoms with Gasteiger partial charge in [0, 0.05) is 6.54 Å². The second-order valence-electron chi connectivity index (χ2n) is 5.71. The Hall–Kier alpha value is -2.68. The molecule has 1 aromatic carbocycles. The van der Waals surface area contributed by atoms with E-state index in [1.807, 2.05) is 30.3 Å². The van der Waals surface area contributed by atoms with Gasteiger partial charge < -0.3 is 10.1 Å². The number of hydrogen-bond donors (Lipinski definition) is 1. The number of ether oxygens (including phenoxy) is 1. The summed E-state index contributed by atoms with van der Waals surface area (Å²) in [6.07, 6.45) is 3.65. The lowest BCUT2D eigenvalue weighted by molar-refractivity contribution is -0.141. The number of rotatable bonds is 5. The lowest BCUT2D eigenvalue weighted by Gasteiger charge is -2.26. The Morgan fingerprint density at radius 1 is 1.39 bits per heavy atom. The Labute approximate surface area is 134 Å². The molecule has 6 heteroatoms. The molecular weight excluding hydrogens is 292 g/mol. The van der Waals surface area contributed by atoms with Crippen LogP contribution in [0.4, 0.5) is 5.82 Å². The smallest absolute Gasteiger partial charge is 0.329 e. The number of carbonyl (C=O) groups excluding carboxylic acids is 1. The van der Waals surface area contributed by atoms with Gasteiger partial charge in [0.15, 0.2) is 11.7 Å². The second kappa shape index (κ2) is 6.61. The van der Waals surface area contributed by atoms with Crippen molar-refractivity contribution in [2.45, 2.75) is 25.2 Å². The van der Waals surface area contributed by atoms with Gasteiger partial charge in [0.25, 0.3) is 0 Å². The molecule has 0 spiro atoms. The number of anilines is 1. The monoisotopic (exact) mass is 310 g/mol. The Morgan fingerprint density at radius 2 is 2.09 bits per heavy atom. The summed E-state index contributed by atoms with van der Waals surface area (Å²) < 4.78 is 4.73. The zero-order chi connectivity index (χ0) is 16.2. The van der Waals surface area contributed by atoms with Crippen molar-refractivity contribution < 1.29 is 9.53 Å². The first-order valence-corrected chi connectivity index (χ1v) is 7.71. The Bertz CT molecular complexity index is 765. The predicted molar refractivity (Wildman–Crippen MR) is 85.7 cm³/mol. The van der Waals surface area contributed by atoms with E-state index in [4.69, 9.17) is 4.74 Å². The Balaban J connectivity index is 2.00. The van der Waals surface area contributed by atoms with E-state index in [0.717, 1.165) is 12.1 Å². The van der Waals surface area contributed by atoms with Crippen LogP contribution in [0.5, 0.6) is 0 Å². The summed E-state index contributed by atoms with van der Waals surface area (Å²) >= 11 is 0. The van der Waals surface area contributed by atoms with Gasteiger partial charge in [-0.3, -0.25) is 4.79 Å². The molecule has 23 heavy (non-hydrogen) atoms. The van der Waals surface area contributed by atoms with Crippen LogP contribution in [0.25, 0.3) is 11.0 Å². The molecule has 1 aliphatic carbocycles. The molecule has 1 fully saturated rings. The van der Waals surface area contributed by atoms with Gasteiger partial charge in [0.05, 0.1) is 24.2 Å². The number of nitrogens with zero attached hydrogens (tertiary/aromatic N) is 3. The number of aromatic nitrogens is 2. The minimum absolute atomic E-state index is 0.331. The number of nitriles is 1. The van der Waals surface area contributed by atoms with Crippen molar-refractivity contribution in [3.05, 3.63) is 30.0 Å². The van der Waals surface area contributed by atoms with Gasteiger partial charge >= 0.3 is 5.97 Å². The highest BCUT2D eigenvalue weighted by Gasteiger charge is 2.28. The van der Waals surface area contributed by atoms with Crippen LogP contribution in [0.3, 0.4) is 0 Å². The maximum atomic E-state index is 11.9. The van der Waals surface area contributed by atoms with Crippen molar-refractivity contribution in [2.75, 3.05) is 19.0 Å². The van der Waals surface area contributed by atoms with Crippen LogP contribution in [0.1, 0.15) is 30.9 Å². The molecule has 0 amide bonds. The number of hydrogen-bond acceptors (Lipinski definition) is 6. The highest BCUT2D eigenvalue weighted by atomic mass is 16.5. The number of esters is 1. The van der Waals surface area contributed by atoms with Crippen LogP contribution in [-0.2, 0) is 9.53 Å². The molecule has 1 aromatic heterocycles. The van der Waals surface area contributed by atoms with E-state index in [0.29, 0.717) is 22.9 Å². The third-order valence-corrected chi connectivity index (χ3v) is 4.22. The lowest BCUT2D eigenvalue weighted by atomic mass is 9.85. The minimum Gasteiger partial charge on any atom is -0.468 e. The highest BCUT2D eigenvalue weighted by molar-refractivity contribution is 5.84. The van der Waals surface area contributed by atoms with E-state index in [1.54, 1.807) is 0 Å². The fourth-order valence-corrected chi connectivity index (χ4v) is 2.63. The first-order chi connectivity index (χ1) is 11.2. The van der Waals surface area contributed by atoms with Crippen molar-refractivity contribution in [1.29, 1.82) is 5.26 Å². The van der Waals surface area contributed by atoms with E-state index in [-0.39, 0.29) is 0 Å². The molecule has 2 aromatic rings. The molecule has 0 saturated heterocycles. The molecule has 0 radical (unpaired) electrons. The van der Waals surface area contributed by atoms with Crippen LogP contribution < -0.4 is 5.32 Å². The number of methoxy groups -OCH3 is 1. The van der Waals surface area contributed by atoms with Gasteiger partial charge in [-0.15, -0.1) is 0 Å². The van der Waals surface area contributed by atoms with E-state index < -0.39 is 11.9 Å². The molecule has 0 unspecified atom stereocenters. The second-order valence-corrected chi connectivity index (χ2v) is 5.71. The molecule has 6 nitrogen and oxygen atoms in total. The van der Waals surface area contributed by atoms with Crippen molar-refractivity contribution in [3.63, 3.8) is 0 Å². The normalized spacial score (nSPS) is 15.5. The van der Waals surface area contributed by atoms with Gasteiger partial charge in [0.1, 0.15) is 5.69 Å². The standard InChI is InChI=1S/C17H18N4O2/c1-23-17(22)12(9-18)15-16(19-10-11-5-4-6-11)21-14-8-3-2-7-13(14)20-15/h2-3,7-8,11-12H,4-6,10H2,1H3,(H,19,21)/t12-/m0/s1. The Kier molecular flexibility index (Phi) is 4.38. The third kappa shape index (κ3) is 3.09. The summed E-state index contributed by atoms with van der Waals surface area (Å²) in [5.41, 5.74) is 1.71. The average Bonchev–Trinajstić information content (AvgIpc) is 2.54. The third-order valence-electron chi connectivity index (χ3n) is 4.22. The SMILES string of the molecule is COC(=O)[C@@H](C#N)c1nc2ccccc2nc1NCC1CCC1. The molecule has 3 rings (SSSR count). The molecule has 1 aliphatic rings. The van der Waals surface area contributed by atoms with Gasteiger partial charge in [-0.25, -0.2) is 9.97 Å². The summed E-state index contributed by atoms with van der Waals surface area (Å²) in [6.45, 7) is 0.777. The van der Waals surface area contributed by atoms with Gasteiger partial charge in [-0.2, -0.15) is 5.26 Å². The quantitative estimate of drug-likeness (QED) is 0.854. The molecular formula is C17H18N4O2. The number of para-hydroxylation sites is 2. The highest BCUT2D eigenvalue weighted by Crippen LogP contribution is 2.29. The van der Waals surface area contributed by atoms with Crippen LogP contribution in [0.2, 0.25) is 0 Å². The number of nitrogens with one attached hydrogen (secondary N) is 1. The van der Waals surface area contributed by atoms with E-state index in [2.05, 4.69) is 15.3 Å². The van der Waals surface area contributed by atoms with Crippen LogP contribution in [0.15, 0.2) is 24.3 Å².